The molecule has 0 spiro atoms. The molecule has 1 aliphatic carbocycles. The summed E-state index contributed by atoms with van der Waals surface area (Å²) in [5, 5.41) is 5.47. The Kier molecular flexibility index (Phi) is 5.93. The Morgan fingerprint density at radius 2 is 2.00 bits per heavy atom. The minimum atomic E-state index is -0.271. The summed E-state index contributed by atoms with van der Waals surface area (Å²) in [6.45, 7) is 2.60. The molecule has 0 saturated heterocycles. The van der Waals surface area contributed by atoms with Gasteiger partial charge in [-0.25, -0.2) is 4.79 Å². The van der Waals surface area contributed by atoms with E-state index in [2.05, 4.69) is 26.6 Å². The van der Waals surface area contributed by atoms with Gasteiger partial charge in [0.2, 0.25) is 0 Å². The number of ether oxygens (including phenoxy) is 1. The van der Waals surface area contributed by atoms with Crippen LogP contribution in [0.3, 0.4) is 0 Å². The minimum Gasteiger partial charge on any atom is -0.426 e. The number of rotatable bonds is 6. The van der Waals surface area contributed by atoms with Gasteiger partial charge in [0.1, 0.15) is 5.75 Å². The fraction of sp³-hybridized carbons (Fsp3) is 0.300. The summed E-state index contributed by atoms with van der Waals surface area (Å²) in [5.41, 5.74) is 1.73. The summed E-state index contributed by atoms with van der Waals surface area (Å²) >= 11 is 3.46. The zero-order valence-electron chi connectivity index (χ0n) is 14.5. The van der Waals surface area contributed by atoms with Crippen molar-refractivity contribution in [3.63, 3.8) is 0 Å². The average Bonchev–Trinajstić information content (AvgIpc) is 3.41. The van der Waals surface area contributed by atoms with Crippen LogP contribution in [0.25, 0.3) is 0 Å². The maximum absolute atomic E-state index is 12.4. The molecule has 3 rings (SSSR count). The van der Waals surface area contributed by atoms with Gasteiger partial charge >= 0.3 is 12.0 Å². The summed E-state index contributed by atoms with van der Waals surface area (Å²) in [7, 11) is 0. The van der Waals surface area contributed by atoms with Crippen LogP contribution in [-0.4, -0.2) is 18.5 Å². The van der Waals surface area contributed by atoms with Crippen molar-refractivity contribution >= 4 is 33.6 Å². The summed E-state index contributed by atoms with van der Waals surface area (Å²) in [4.78, 5) is 24.1. The number of benzene rings is 2. The number of carbonyl (C=O) groups excluding carboxylic acids is 2. The number of anilines is 1. The molecule has 2 amide bonds. The van der Waals surface area contributed by atoms with Crippen LogP contribution in [-0.2, 0) is 4.79 Å². The number of nitrogens with one attached hydrogen (secondary N) is 2. The smallest absolute Gasteiger partial charge is 0.319 e. The van der Waals surface area contributed by atoms with Crippen LogP contribution < -0.4 is 15.4 Å². The maximum atomic E-state index is 12.4. The quantitative estimate of drug-likeness (QED) is 0.530. The standard InChI is InChI=1S/C20H21BrN2O3/c1-2-9-22-20(25)23-15-7-4-8-16(11-15)26-19(24)18-12-17(18)13-5-3-6-14(21)10-13/h3-8,10-11,17-18H,2,9,12H2,1H3,(H2,22,23,25). The monoisotopic (exact) mass is 416 g/mol. The lowest BCUT2D eigenvalue weighted by molar-refractivity contribution is -0.135. The first-order valence-corrected chi connectivity index (χ1v) is 9.48. The molecule has 2 N–H and O–H groups in total. The molecule has 136 valence electrons. The number of esters is 1. The molecule has 6 heteroatoms. The van der Waals surface area contributed by atoms with Gasteiger partial charge in [-0.1, -0.05) is 41.1 Å². The van der Waals surface area contributed by atoms with Crippen molar-refractivity contribution in [2.75, 3.05) is 11.9 Å². The predicted octanol–water partition coefficient (Wildman–Crippen LogP) is 4.69. The number of amides is 2. The molecule has 1 saturated carbocycles. The Labute approximate surface area is 161 Å². The first-order chi connectivity index (χ1) is 12.6. The van der Waals surface area contributed by atoms with Crippen molar-refractivity contribution in [1.29, 1.82) is 0 Å². The van der Waals surface area contributed by atoms with Gasteiger partial charge in [-0.05, 0) is 48.6 Å². The third kappa shape index (κ3) is 4.85. The summed E-state index contributed by atoms with van der Waals surface area (Å²) < 4.78 is 6.51. The first kappa shape index (κ1) is 18.5. The van der Waals surface area contributed by atoms with E-state index in [-0.39, 0.29) is 23.8 Å². The van der Waals surface area contributed by atoms with Gasteiger partial charge in [0.25, 0.3) is 0 Å². The largest absolute Gasteiger partial charge is 0.426 e. The third-order valence-corrected chi connectivity index (χ3v) is 4.71. The van der Waals surface area contributed by atoms with Crippen LogP contribution in [0.5, 0.6) is 5.75 Å². The van der Waals surface area contributed by atoms with Crippen molar-refractivity contribution in [3.8, 4) is 5.75 Å². The molecule has 2 atom stereocenters. The van der Waals surface area contributed by atoms with E-state index >= 15 is 0 Å². The average molecular weight is 417 g/mol. The normalized spacial score (nSPS) is 18.1. The van der Waals surface area contributed by atoms with Crippen LogP contribution in [0.1, 0.15) is 31.2 Å². The highest BCUT2D eigenvalue weighted by atomic mass is 79.9. The van der Waals surface area contributed by atoms with Crippen LogP contribution in [0, 0.1) is 5.92 Å². The molecule has 0 heterocycles. The molecule has 0 bridgehead atoms. The van der Waals surface area contributed by atoms with E-state index < -0.39 is 0 Å². The third-order valence-electron chi connectivity index (χ3n) is 4.22. The van der Waals surface area contributed by atoms with E-state index in [1.54, 1.807) is 24.3 Å². The molecular weight excluding hydrogens is 396 g/mol. The highest BCUT2D eigenvalue weighted by Gasteiger charge is 2.45. The second-order valence-corrected chi connectivity index (χ2v) is 7.25. The minimum absolute atomic E-state index is 0.117. The fourth-order valence-electron chi connectivity index (χ4n) is 2.80. The fourth-order valence-corrected chi connectivity index (χ4v) is 3.22. The highest BCUT2D eigenvalue weighted by Crippen LogP contribution is 2.48. The lowest BCUT2D eigenvalue weighted by Gasteiger charge is -2.09. The Morgan fingerprint density at radius 1 is 1.19 bits per heavy atom. The topological polar surface area (TPSA) is 67.4 Å². The van der Waals surface area contributed by atoms with Crippen LogP contribution >= 0.6 is 15.9 Å². The van der Waals surface area contributed by atoms with Crippen molar-refractivity contribution in [2.24, 2.45) is 5.92 Å². The summed E-state index contributed by atoms with van der Waals surface area (Å²) in [6.07, 6.45) is 1.66. The van der Waals surface area contributed by atoms with E-state index in [1.807, 2.05) is 31.2 Å². The maximum Gasteiger partial charge on any atom is 0.319 e. The van der Waals surface area contributed by atoms with E-state index in [9.17, 15) is 9.59 Å². The van der Waals surface area contributed by atoms with E-state index in [0.717, 1.165) is 22.9 Å². The molecule has 0 aromatic heterocycles. The number of hydrogen-bond donors (Lipinski definition) is 2. The van der Waals surface area contributed by atoms with Gasteiger partial charge in [0, 0.05) is 22.8 Å². The number of urea groups is 1. The molecule has 5 nitrogen and oxygen atoms in total. The lowest BCUT2D eigenvalue weighted by Crippen LogP contribution is -2.29. The van der Waals surface area contributed by atoms with Gasteiger partial charge < -0.3 is 15.4 Å². The zero-order valence-corrected chi connectivity index (χ0v) is 16.1. The molecule has 0 radical (unpaired) electrons. The first-order valence-electron chi connectivity index (χ1n) is 8.69. The predicted molar refractivity (Wildman–Crippen MR) is 104 cm³/mol. The molecular formula is C20H21BrN2O3. The molecule has 1 aliphatic rings. The van der Waals surface area contributed by atoms with E-state index in [1.165, 1.54) is 0 Å². The molecule has 2 aromatic carbocycles. The van der Waals surface area contributed by atoms with Crippen LogP contribution in [0.4, 0.5) is 10.5 Å². The number of hydrogen-bond acceptors (Lipinski definition) is 3. The second-order valence-electron chi connectivity index (χ2n) is 6.33. The van der Waals surface area contributed by atoms with E-state index in [4.69, 9.17) is 4.74 Å². The van der Waals surface area contributed by atoms with Crippen molar-refractivity contribution in [3.05, 3.63) is 58.6 Å². The van der Waals surface area contributed by atoms with Gasteiger partial charge in [-0.2, -0.15) is 0 Å². The molecule has 0 aliphatic heterocycles. The van der Waals surface area contributed by atoms with Crippen molar-refractivity contribution < 1.29 is 14.3 Å². The molecule has 1 fully saturated rings. The summed E-state index contributed by atoms with van der Waals surface area (Å²) in [5.74, 6) is 0.292. The second kappa shape index (κ2) is 8.36. The Bertz CT molecular complexity index is 809. The highest BCUT2D eigenvalue weighted by molar-refractivity contribution is 9.10. The SMILES string of the molecule is CCCNC(=O)Nc1cccc(OC(=O)C2CC2c2cccc(Br)c2)c1. The summed E-state index contributed by atoms with van der Waals surface area (Å²) in [6, 6.07) is 14.6. The van der Waals surface area contributed by atoms with Gasteiger partial charge in [0.05, 0.1) is 5.92 Å². The Morgan fingerprint density at radius 3 is 2.77 bits per heavy atom. The van der Waals surface area contributed by atoms with Gasteiger partial charge in [-0.15, -0.1) is 0 Å². The van der Waals surface area contributed by atoms with Crippen molar-refractivity contribution in [1.82, 2.24) is 5.32 Å². The molecule has 2 unspecified atom stereocenters. The van der Waals surface area contributed by atoms with Crippen LogP contribution in [0.15, 0.2) is 53.0 Å². The van der Waals surface area contributed by atoms with Crippen LogP contribution in [0.2, 0.25) is 0 Å². The van der Waals surface area contributed by atoms with Gasteiger partial charge in [-0.3, -0.25) is 4.79 Å². The Hall–Kier alpha value is -2.34. The number of carbonyl (C=O) groups is 2. The lowest BCUT2D eigenvalue weighted by atomic mass is 10.1. The zero-order chi connectivity index (χ0) is 18.5. The molecule has 26 heavy (non-hydrogen) atoms. The van der Waals surface area contributed by atoms with Gasteiger partial charge in [0.15, 0.2) is 0 Å². The van der Waals surface area contributed by atoms with E-state index in [0.29, 0.717) is 18.0 Å². The molecule has 2 aromatic rings. The number of halogens is 1. The van der Waals surface area contributed by atoms with Crippen molar-refractivity contribution in [2.45, 2.75) is 25.7 Å². The Balaban J connectivity index is 1.57.